The number of anilines is 1. The summed E-state index contributed by atoms with van der Waals surface area (Å²) >= 11 is 1.19. The van der Waals surface area contributed by atoms with Gasteiger partial charge in [-0.2, -0.15) is 4.31 Å². The van der Waals surface area contributed by atoms with Crippen LogP contribution in [-0.4, -0.2) is 55.7 Å². The zero-order valence-electron chi connectivity index (χ0n) is 17.8. The molecule has 0 bridgehead atoms. The van der Waals surface area contributed by atoms with Crippen molar-refractivity contribution in [2.75, 3.05) is 31.5 Å². The third-order valence-corrected chi connectivity index (χ3v) is 9.12. The number of piperidine rings is 1. The summed E-state index contributed by atoms with van der Waals surface area (Å²) in [5, 5.41) is 7.58. The molecule has 2 saturated heterocycles. The van der Waals surface area contributed by atoms with Gasteiger partial charge in [-0.25, -0.2) is 13.2 Å². The lowest BCUT2D eigenvalue weighted by Crippen LogP contribution is -2.45. The molecule has 1 aromatic carbocycles. The lowest BCUT2D eigenvalue weighted by Gasteiger charge is -2.30. The first-order valence-corrected chi connectivity index (χ1v) is 13.2. The predicted molar refractivity (Wildman–Crippen MR) is 124 cm³/mol. The van der Waals surface area contributed by atoms with E-state index >= 15 is 0 Å². The van der Waals surface area contributed by atoms with Gasteiger partial charge in [0, 0.05) is 38.4 Å². The van der Waals surface area contributed by atoms with Crippen LogP contribution in [0.1, 0.15) is 31.2 Å². The fourth-order valence-corrected chi connectivity index (χ4v) is 6.80. The van der Waals surface area contributed by atoms with Gasteiger partial charge in [0.1, 0.15) is 4.21 Å². The number of amides is 3. The number of urea groups is 1. The van der Waals surface area contributed by atoms with Gasteiger partial charge in [0.05, 0.1) is 5.92 Å². The van der Waals surface area contributed by atoms with Crippen molar-refractivity contribution in [3.8, 4) is 0 Å². The molecule has 0 radical (unpaired) electrons. The standard InChI is InChI=1S/C22H28N4O4S2/c27-21(18-7-4-12-26(16-18)32(29,30)20-9-5-13-31-20)23-15-17-6-3-8-19(14-17)24-22(28)25-10-1-2-11-25/h3,5-6,8-9,13-14,18H,1-2,4,7,10-12,15-16H2,(H,23,27)(H,24,28). The zero-order chi connectivity index (χ0) is 22.6. The summed E-state index contributed by atoms with van der Waals surface area (Å²) in [6, 6.07) is 10.6. The molecule has 2 fully saturated rings. The lowest BCUT2D eigenvalue weighted by molar-refractivity contribution is -0.126. The lowest BCUT2D eigenvalue weighted by atomic mass is 9.98. The number of carbonyl (C=O) groups excluding carboxylic acids is 2. The minimum Gasteiger partial charge on any atom is -0.352 e. The molecule has 3 amide bonds. The third kappa shape index (κ3) is 5.31. The molecule has 1 aromatic heterocycles. The van der Waals surface area contributed by atoms with E-state index in [4.69, 9.17) is 0 Å². The molecular formula is C22H28N4O4S2. The van der Waals surface area contributed by atoms with Gasteiger partial charge < -0.3 is 15.5 Å². The smallest absolute Gasteiger partial charge is 0.321 e. The Hall–Kier alpha value is -2.43. The third-order valence-electron chi connectivity index (χ3n) is 5.88. The van der Waals surface area contributed by atoms with Crippen molar-refractivity contribution in [1.82, 2.24) is 14.5 Å². The number of hydrogen-bond donors (Lipinski definition) is 2. The fraction of sp³-hybridized carbons (Fsp3) is 0.455. The van der Waals surface area contributed by atoms with E-state index < -0.39 is 10.0 Å². The van der Waals surface area contributed by atoms with Crippen LogP contribution in [0.15, 0.2) is 46.0 Å². The Morgan fingerprint density at radius 2 is 1.88 bits per heavy atom. The monoisotopic (exact) mass is 476 g/mol. The molecule has 2 aliphatic rings. The van der Waals surface area contributed by atoms with Crippen LogP contribution in [0.2, 0.25) is 0 Å². The second-order valence-corrected chi connectivity index (χ2v) is 11.3. The van der Waals surface area contributed by atoms with Gasteiger partial charge in [0.25, 0.3) is 10.0 Å². The Balaban J connectivity index is 1.32. The van der Waals surface area contributed by atoms with Gasteiger partial charge in [-0.1, -0.05) is 18.2 Å². The minimum absolute atomic E-state index is 0.0991. The Bertz CT molecular complexity index is 1050. The number of thiophene rings is 1. The molecule has 0 saturated carbocycles. The topological polar surface area (TPSA) is 98.8 Å². The highest BCUT2D eigenvalue weighted by atomic mass is 32.2. The average molecular weight is 477 g/mol. The number of likely N-dealkylation sites (tertiary alicyclic amines) is 1. The highest BCUT2D eigenvalue weighted by Crippen LogP contribution is 2.26. The minimum atomic E-state index is -3.55. The molecule has 3 heterocycles. The van der Waals surface area contributed by atoms with Crippen LogP contribution in [0.3, 0.4) is 0 Å². The summed E-state index contributed by atoms with van der Waals surface area (Å²) in [6.07, 6.45) is 3.38. The van der Waals surface area contributed by atoms with Gasteiger partial charge in [0.2, 0.25) is 5.91 Å². The number of sulfonamides is 1. The first kappa shape index (κ1) is 22.8. The van der Waals surface area contributed by atoms with Crippen LogP contribution in [0, 0.1) is 5.92 Å². The molecule has 2 aromatic rings. The second kappa shape index (κ2) is 10.0. The normalized spacial score (nSPS) is 19.6. The van der Waals surface area contributed by atoms with E-state index in [1.807, 2.05) is 24.3 Å². The number of rotatable bonds is 6. The zero-order valence-corrected chi connectivity index (χ0v) is 19.5. The van der Waals surface area contributed by atoms with E-state index in [1.165, 1.54) is 15.6 Å². The van der Waals surface area contributed by atoms with Crippen molar-refractivity contribution in [3.63, 3.8) is 0 Å². The summed E-state index contributed by atoms with van der Waals surface area (Å²) in [5.74, 6) is -0.529. The molecule has 32 heavy (non-hydrogen) atoms. The molecule has 2 N–H and O–H groups in total. The highest BCUT2D eigenvalue weighted by molar-refractivity contribution is 7.91. The Labute approximate surface area is 192 Å². The van der Waals surface area contributed by atoms with Gasteiger partial charge >= 0.3 is 6.03 Å². The van der Waals surface area contributed by atoms with Crippen molar-refractivity contribution < 1.29 is 18.0 Å². The number of carbonyl (C=O) groups is 2. The van der Waals surface area contributed by atoms with E-state index in [2.05, 4.69) is 10.6 Å². The van der Waals surface area contributed by atoms with Gasteiger partial charge in [-0.15, -0.1) is 11.3 Å². The van der Waals surface area contributed by atoms with E-state index in [0.29, 0.717) is 35.8 Å². The molecular weight excluding hydrogens is 448 g/mol. The fourth-order valence-electron chi connectivity index (χ4n) is 4.13. The summed E-state index contributed by atoms with van der Waals surface area (Å²) in [7, 11) is -3.55. The number of nitrogens with one attached hydrogen (secondary N) is 2. The summed E-state index contributed by atoms with van der Waals surface area (Å²) in [4.78, 5) is 26.8. The molecule has 0 aliphatic carbocycles. The predicted octanol–water partition coefficient (Wildman–Crippen LogP) is 3.09. The summed E-state index contributed by atoms with van der Waals surface area (Å²) < 4.78 is 27.3. The highest BCUT2D eigenvalue weighted by Gasteiger charge is 2.33. The first-order chi connectivity index (χ1) is 15.4. The molecule has 1 unspecified atom stereocenters. The first-order valence-electron chi connectivity index (χ1n) is 10.9. The quantitative estimate of drug-likeness (QED) is 0.669. The summed E-state index contributed by atoms with van der Waals surface area (Å²) in [5.41, 5.74) is 1.57. The molecule has 4 rings (SSSR count). The van der Waals surface area contributed by atoms with E-state index in [0.717, 1.165) is 31.5 Å². The Kier molecular flexibility index (Phi) is 7.12. The largest absolute Gasteiger partial charge is 0.352 e. The maximum Gasteiger partial charge on any atom is 0.321 e. The van der Waals surface area contributed by atoms with Crippen molar-refractivity contribution in [2.45, 2.75) is 36.4 Å². The Morgan fingerprint density at radius 1 is 1.06 bits per heavy atom. The maximum absolute atomic E-state index is 12.8. The van der Waals surface area contributed by atoms with E-state index in [1.54, 1.807) is 22.4 Å². The van der Waals surface area contributed by atoms with Crippen molar-refractivity contribution in [1.29, 1.82) is 0 Å². The second-order valence-electron chi connectivity index (χ2n) is 8.18. The van der Waals surface area contributed by atoms with Crippen LogP contribution >= 0.6 is 11.3 Å². The van der Waals surface area contributed by atoms with E-state index in [9.17, 15) is 18.0 Å². The SMILES string of the molecule is O=C(NCc1cccc(NC(=O)N2CCCC2)c1)C1CCCN(S(=O)(=O)c2cccs2)C1. The molecule has 10 heteroatoms. The van der Waals surface area contributed by atoms with Crippen LogP contribution < -0.4 is 10.6 Å². The summed E-state index contributed by atoms with van der Waals surface area (Å²) in [6.45, 7) is 2.51. The Morgan fingerprint density at radius 3 is 2.62 bits per heavy atom. The van der Waals surface area contributed by atoms with Crippen LogP contribution in [0.5, 0.6) is 0 Å². The molecule has 0 spiro atoms. The molecule has 1 atom stereocenters. The van der Waals surface area contributed by atoms with E-state index in [-0.39, 0.29) is 24.4 Å². The number of hydrogen-bond acceptors (Lipinski definition) is 5. The van der Waals surface area contributed by atoms with Gasteiger partial charge in [-0.05, 0) is 54.8 Å². The average Bonchev–Trinajstić information content (AvgIpc) is 3.53. The van der Waals surface area contributed by atoms with Crippen LogP contribution in [-0.2, 0) is 21.4 Å². The van der Waals surface area contributed by atoms with Crippen molar-refractivity contribution in [3.05, 3.63) is 47.3 Å². The molecule has 8 nitrogen and oxygen atoms in total. The number of nitrogens with zero attached hydrogens (tertiary/aromatic N) is 2. The number of benzene rings is 1. The molecule has 172 valence electrons. The van der Waals surface area contributed by atoms with Crippen LogP contribution in [0.4, 0.5) is 10.5 Å². The van der Waals surface area contributed by atoms with Crippen molar-refractivity contribution in [2.24, 2.45) is 5.92 Å². The van der Waals surface area contributed by atoms with Gasteiger partial charge in [-0.3, -0.25) is 4.79 Å². The maximum atomic E-state index is 12.8. The molecule has 2 aliphatic heterocycles. The van der Waals surface area contributed by atoms with Gasteiger partial charge in [0.15, 0.2) is 0 Å². The van der Waals surface area contributed by atoms with Crippen LogP contribution in [0.25, 0.3) is 0 Å². The van der Waals surface area contributed by atoms with Crippen molar-refractivity contribution >= 4 is 39.0 Å².